The Labute approximate surface area is 284 Å². The van der Waals surface area contributed by atoms with E-state index in [4.69, 9.17) is 8.83 Å². The van der Waals surface area contributed by atoms with Crippen LogP contribution in [0, 0.1) is 0 Å². The summed E-state index contributed by atoms with van der Waals surface area (Å²) in [6, 6.07) is 50.8. The molecule has 0 aliphatic carbocycles. The number of rotatable bonds is 4. The number of benzene rings is 7. The number of fused-ring (bicyclic) bond motifs is 7. The zero-order chi connectivity index (χ0) is 33.3. The largest absolute Gasteiger partial charge is 0.455 e. The highest BCUT2D eigenvalue weighted by molar-refractivity contribution is 6.10. The van der Waals surface area contributed by atoms with Crippen molar-refractivity contribution >= 4 is 54.8 Å². The molecule has 7 aromatic carbocycles. The number of hydrogen-bond acceptors (Lipinski definition) is 4. The van der Waals surface area contributed by atoms with Gasteiger partial charge in [0.2, 0.25) is 0 Å². The van der Waals surface area contributed by atoms with Gasteiger partial charge in [0.25, 0.3) is 5.56 Å². The van der Waals surface area contributed by atoms with Gasteiger partial charge >= 0.3 is 5.69 Å². The summed E-state index contributed by atoms with van der Waals surface area (Å²) >= 11 is 0. The van der Waals surface area contributed by atoms with E-state index in [1.807, 2.05) is 127 Å². The maximum atomic E-state index is 14.4. The van der Waals surface area contributed by atoms with E-state index in [-0.39, 0.29) is 5.56 Å². The molecular weight excluding hydrogens is 620 g/mol. The van der Waals surface area contributed by atoms with Crippen molar-refractivity contribution in [3.8, 4) is 33.6 Å². The van der Waals surface area contributed by atoms with E-state index >= 15 is 0 Å². The SMILES string of the molecule is O=c1c2ccccc2n(-c2ccc(-c3cccc4c3oc3ccccc34)cc2)c(=O)n1-c1ccc(-c2cccc3c2oc2ccccc23)cc1. The Hall–Kier alpha value is -6.92. The van der Waals surface area contributed by atoms with Crippen molar-refractivity contribution in [3.05, 3.63) is 179 Å². The Kier molecular flexibility index (Phi) is 6.08. The first-order valence-corrected chi connectivity index (χ1v) is 16.4. The summed E-state index contributed by atoms with van der Waals surface area (Å²) < 4.78 is 15.4. The number of furan rings is 2. The Morgan fingerprint density at radius 2 is 0.820 bits per heavy atom. The number of nitrogens with zero attached hydrogens (tertiary/aromatic N) is 2. The predicted molar refractivity (Wildman–Crippen MR) is 201 cm³/mol. The van der Waals surface area contributed by atoms with E-state index in [0.717, 1.165) is 66.1 Å². The summed E-state index contributed by atoms with van der Waals surface area (Å²) in [5, 5.41) is 4.66. The normalized spacial score (nSPS) is 11.8. The summed E-state index contributed by atoms with van der Waals surface area (Å²) in [4.78, 5) is 28.3. The second-order valence-corrected chi connectivity index (χ2v) is 12.4. The fourth-order valence-electron chi connectivity index (χ4n) is 7.27. The predicted octanol–water partition coefficient (Wildman–Crippen LogP) is 10.3. The molecule has 6 heteroatoms. The molecule has 6 nitrogen and oxygen atoms in total. The van der Waals surface area contributed by atoms with Crippen molar-refractivity contribution < 1.29 is 8.83 Å². The lowest BCUT2D eigenvalue weighted by Gasteiger charge is -2.15. The Morgan fingerprint density at radius 3 is 1.36 bits per heavy atom. The number of para-hydroxylation sites is 5. The zero-order valence-corrected chi connectivity index (χ0v) is 26.5. The Morgan fingerprint density at radius 1 is 0.380 bits per heavy atom. The molecule has 0 aliphatic rings. The van der Waals surface area contributed by atoms with Crippen molar-refractivity contribution in [2.24, 2.45) is 0 Å². The highest BCUT2D eigenvalue weighted by atomic mass is 16.3. The van der Waals surface area contributed by atoms with Gasteiger partial charge in [-0.05, 0) is 59.7 Å². The van der Waals surface area contributed by atoms with Crippen molar-refractivity contribution in [2.75, 3.05) is 0 Å². The minimum Gasteiger partial charge on any atom is -0.455 e. The smallest absolute Gasteiger partial charge is 0.340 e. The zero-order valence-electron chi connectivity index (χ0n) is 26.5. The number of hydrogen-bond donors (Lipinski definition) is 0. The van der Waals surface area contributed by atoms with Gasteiger partial charge in [0.15, 0.2) is 0 Å². The van der Waals surface area contributed by atoms with Crippen molar-refractivity contribution in [2.45, 2.75) is 0 Å². The molecule has 236 valence electrons. The van der Waals surface area contributed by atoms with Crippen LogP contribution in [0.4, 0.5) is 0 Å². The summed E-state index contributed by atoms with van der Waals surface area (Å²) in [5.41, 5.74) is 7.90. The maximum absolute atomic E-state index is 14.4. The minimum atomic E-state index is -0.451. The van der Waals surface area contributed by atoms with Gasteiger partial charge in [-0.25, -0.2) is 9.36 Å². The van der Waals surface area contributed by atoms with Crippen LogP contribution in [-0.4, -0.2) is 9.13 Å². The third-order valence-corrected chi connectivity index (χ3v) is 9.64. The van der Waals surface area contributed by atoms with Crippen LogP contribution in [0.25, 0.3) is 88.4 Å². The fourth-order valence-corrected chi connectivity index (χ4v) is 7.27. The topological polar surface area (TPSA) is 70.3 Å². The van der Waals surface area contributed by atoms with Crippen LogP contribution in [0.15, 0.2) is 176 Å². The first kappa shape index (κ1) is 28.1. The molecule has 3 aromatic heterocycles. The van der Waals surface area contributed by atoms with Crippen LogP contribution < -0.4 is 11.2 Å². The molecule has 0 aliphatic heterocycles. The molecule has 10 aromatic rings. The highest BCUT2D eigenvalue weighted by Gasteiger charge is 2.18. The molecule has 50 heavy (non-hydrogen) atoms. The minimum absolute atomic E-state index is 0.373. The number of aromatic nitrogens is 2. The van der Waals surface area contributed by atoms with E-state index in [1.165, 1.54) is 4.57 Å². The average Bonchev–Trinajstić information content (AvgIpc) is 3.74. The lowest BCUT2D eigenvalue weighted by Crippen LogP contribution is -2.38. The van der Waals surface area contributed by atoms with Crippen LogP contribution >= 0.6 is 0 Å². The average molecular weight is 647 g/mol. The molecule has 10 rings (SSSR count). The van der Waals surface area contributed by atoms with Gasteiger partial charge in [-0.2, -0.15) is 0 Å². The maximum Gasteiger partial charge on any atom is 0.340 e. The summed E-state index contributed by atoms with van der Waals surface area (Å²) in [6.45, 7) is 0. The quantitative estimate of drug-likeness (QED) is 0.191. The van der Waals surface area contributed by atoms with Gasteiger partial charge in [-0.1, -0.05) is 109 Å². The van der Waals surface area contributed by atoms with Gasteiger partial charge in [-0.3, -0.25) is 9.36 Å². The highest BCUT2D eigenvalue weighted by Crippen LogP contribution is 2.37. The van der Waals surface area contributed by atoms with E-state index in [9.17, 15) is 9.59 Å². The van der Waals surface area contributed by atoms with Gasteiger partial charge < -0.3 is 8.83 Å². The molecule has 0 radical (unpaired) electrons. The van der Waals surface area contributed by atoms with Crippen LogP contribution in [0.2, 0.25) is 0 Å². The molecule has 0 spiro atoms. The second-order valence-electron chi connectivity index (χ2n) is 12.4. The molecule has 0 unspecified atom stereocenters. The lowest BCUT2D eigenvalue weighted by atomic mass is 10.0. The fraction of sp³-hybridized carbons (Fsp3) is 0. The second kappa shape index (κ2) is 10.8. The van der Waals surface area contributed by atoms with Gasteiger partial charge in [0.1, 0.15) is 22.3 Å². The van der Waals surface area contributed by atoms with Crippen LogP contribution in [0.3, 0.4) is 0 Å². The molecule has 0 amide bonds. The van der Waals surface area contributed by atoms with E-state index in [1.54, 1.807) is 10.6 Å². The molecular formula is C44H26N2O4. The van der Waals surface area contributed by atoms with Crippen molar-refractivity contribution in [1.82, 2.24) is 9.13 Å². The molecule has 0 saturated heterocycles. The van der Waals surface area contributed by atoms with Gasteiger partial charge in [0, 0.05) is 32.7 Å². The molecule has 3 heterocycles. The summed E-state index contributed by atoms with van der Waals surface area (Å²) in [5.74, 6) is 0. The lowest BCUT2D eigenvalue weighted by molar-refractivity contribution is 0.669. The van der Waals surface area contributed by atoms with Crippen LogP contribution in [0.1, 0.15) is 0 Å². The van der Waals surface area contributed by atoms with E-state index < -0.39 is 5.69 Å². The molecule has 0 saturated carbocycles. The third-order valence-electron chi connectivity index (χ3n) is 9.64. The molecule has 0 bridgehead atoms. The molecule has 0 atom stereocenters. The van der Waals surface area contributed by atoms with Gasteiger partial charge in [0.05, 0.1) is 22.3 Å². The standard InChI is InChI=1S/C44H26N2O4/c47-43-37-11-1-4-16-38(37)45(29-23-19-27(20-24-29)31-12-7-14-35-33-9-2-5-17-39(33)49-41(31)35)44(48)46(43)30-25-21-28(22-26-30)32-13-8-15-36-34-10-3-6-18-40(34)50-42(32)36/h1-26H. The van der Waals surface area contributed by atoms with Crippen LogP contribution in [0.5, 0.6) is 0 Å². The summed E-state index contributed by atoms with van der Waals surface area (Å²) in [6.07, 6.45) is 0. The Bertz CT molecular complexity index is 3070. The summed E-state index contributed by atoms with van der Waals surface area (Å²) in [7, 11) is 0. The Balaban J connectivity index is 1.09. The monoisotopic (exact) mass is 646 g/mol. The first-order valence-electron chi connectivity index (χ1n) is 16.4. The van der Waals surface area contributed by atoms with E-state index in [2.05, 4.69) is 24.3 Å². The van der Waals surface area contributed by atoms with Crippen molar-refractivity contribution in [3.63, 3.8) is 0 Å². The molecule has 0 N–H and O–H groups in total. The molecule has 0 fully saturated rings. The van der Waals surface area contributed by atoms with Gasteiger partial charge in [-0.15, -0.1) is 0 Å². The third kappa shape index (κ3) is 4.15. The van der Waals surface area contributed by atoms with E-state index in [0.29, 0.717) is 22.3 Å². The van der Waals surface area contributed by atoms with Crippen LogP contribution in [-0.2, 0) is 0 Å². The van der Waals surface area contributed by atoms with Crippen molar-refractivity contribution in [1.29, 1.82) is 0 Å². The first-order chi connectivity index (χ1) is 24.6.